The van der Waals surface area contributed by atoms with Crippen molar-refractivity contribution in [1.82, 2.24) is 5.32 Å². The van der Waals surface area contributed by atoms with Crippen molar-refractivity contribution in [3.05, 3.63) is 34.1 Å². The quantitative estimate of drug-likeness (QED) is 0.871. The molecule has 2 bridgehead atoms. The molecule has 0 aromatic heterocycles. The molecule has 98 valence electrons. The number of hydrogen-bond acceptors (Lipinski definition) is 1. The number of fused-ring (bicyclic) bond motifs is 2. The van der Waals surface area contributed by atoms with Crippen LogP contribution < -0.4 is 5.32 Å². The Kier molecular flexibility index (Phi) is 3.46. The van der Waals surface area contributed by atoms with Gasteiger partial charge in [0.2, 0.25) is 0 Å². The molecule has 0 saturated heterocycles. The number of rotatable bonds is 3. The molecule has 0 radical (unpaired) electrons. The number of nitrogens with one attached hydrogen (secondary N) is 1. The molecule has 3 heteroatoms. The van der Waals surface area contributed by atoms with E-state index >= 15 is 0 Å². The van der Waals surface area contributed by atoms with Crippen LogP contribution >= 0.6 is 15.9 Å². The molecule has 18 heavy (non-hydrogen) atoms. The first-order valence-corrected chi connectivity index (χ1v) is 7.64. The van der Waals surface area contributed by atoms with Crippen LogP contribution in [0.15, 0.2) is 22.7 Å². The zero-order valence-electron chi connectivity index (χ0n) is 10.6. The Balaban J connectivity index is 1.71. The molecule has 2 fully saturated rings. The van der Waals surface area contributed by atoms with Crippen LogP contribution in [0.1, 0.15) is 44.2 Å². The van der Waals surface area contributed by atoms with Crippen LogP contribution in [0.25, 0.3) is 0 Å². The van der Waals surface area contributed by atoms with Gasteiger partial charge in [0.15, 0.2) is 0 Å². The first kappa shape index (κ1) is 12.6. The molecule has 0 amide bonds. The molecule has 4 unspecified atom stereocenters. The Morgan fingerprint density at radius 3 is 2.83 bits per heavy atom. The van der Waals surface area contributed by atoms with E-state index < -0.39 is 0 Å². The van der Waals surface area contributed by atoms with Crippen LogP contribution in [0.3, 0.4) is 0 Å². The van der Waals surface area contributed by atoms with Gasteiger partial charge in [0.05, 0.1) is 0 Å². The highest BCUT2D eigenvalue weighted by molar-refractivity contribution is 9.10. The van der Waals surface area contributed by atoms with E-state index in [0.717, 1.165) is 21.9 Å². The van der Waals surface area contributed by atoms with Crippen molar-refractivity contribution in [2.45, 2.75) is 44.7 Å². The molecule has 3 rings (SSSR count). The Morgan fingerprint density at radius 1 is 1.33 bits per heavy atom. The summed E-state index contributed by atoms with van der Waals surface area (Å²) in [5.74, 6) is 1.64. The summed E-state index contributed by atoms with van der Waals surface area (Å²) in [6, 6.07) is 5.87. The maximum Gasteiger partial charge on any atom is 0.128 e. The molecule has 1 N–H and O–H groups in total. The molecular weight excluding hydrogens is 293 g/mol. The van der Waals surface area contributed by atoms with Gasteiger partial charge in [-0.25, -0.2) is 4.39 Å². The fraction of sp³-hybridized carbons (Fsp3) is 0.600. The number of halogens is 2. The second kappa shape index (κ2) is 4.93. The fourth-order valence-electron chi connectivity index (χ4n) is 3.71. The van der Waals surface area contributed by atoms with Gasteiger partial charge in [-0.05, 0) is 56.2 Å². The minimum atomic E-state index is -0.110. The zero-order chi connectivity index (χ0) is 12.7. The van der Waals surface area contributed by atoms with Crippen LogP contribution in [-0.2, 0) is 0 Å². The van der Waals surface area contributed by atoms with Gasteiger partial charge in [0.1, 0.15) is 5.82 Å². The Hall–Kier alpha value is -0.410. The van der Waals surface area contributed by atoms with Crippen LogP contribution in [0.2, 0.25) is 0 Å². The van der Waals surface area contributed by atoms with E-state index in [9.17, 15) is 4.39 Å². The van der Waals surface area contributed by atoms with Gasteiger partial charge in [-0.2, -0.15) is 0 Å². The molecule has 0 spiro atoms. The second-order valence-corrected chi connectivity index (χ2v) is 6.75. The summed E-state index contributed by atoms with van der Waals surface area (Å²) in [4.78, 5) is 0. The Labute approximate surface area is 116 Å². The third-order valence-electron chi connectivity index (χ3n) is 4.63. The maximum atomic E-state index is 13.8. The van der Waals surface area contributed by atoms with E-state index in [1.807, 2.05) is 6.07 Å². The lowest BCUT2D eigenvalue weighted by Crippen LogP contribution is -2.36. The lowest BCUT2D eigenvalue weighted by atomic mass is 9.94. The predicted molar refractivity (Wildman–Crippen MR) is 74.9 cm³/mol. The second-order valence-electron chi connectivity index (χ2n) is 5.84. The fourth-order valence-corrected chi connectivity index (χ4v) is 4.08. The molecule has 2 aliphatic rings. The van der Waals surface area contributed by atoms with Gasteiger partial charge in [-0.3, -0.25) is 0 Å². The smallest absolute Gasteiger partial charge is 0.128 e. The normalized spacial score (nSPS) is 31.8. The van der Waals surface area contributed by atoms with Crippen LogP contribution in [0.4, 0.5) is 4.39 Å². The van der Waals surface area contributed by atoms with Gasteiger partial charge in [-0.15, -0.1) is 0 Å². The summed E-state index contributed by atoms with van der Waals surface area (Å²) in [5, 5.41) is 3.63. The van der Waals surface area contributed by atoms with Crippen molar-refractivity contribution in [2.75, 3.05) is 0 Å². The summed E-state index contributed by atoms with van der Waals surface area (Å²) in [7, 11) is 0. The first-order chi connectivity index (χ1) is 8.63. The SMILES string of the molecule is CC(NC1CC2CCC1C2)c1cc(Br)ccc1F. The monoisotopic (exact) mass is 311 g/mol. The van der Waals surface area contributed by atoms with Gasteiger partial charge < -0.3 is 5.32 Å². The lowest BCUT2D eigenvalue weighted by Gasteiger charge is -2.27. The van der Waals surface area contributed by atoms with E-state index in [4.69, 9.17) is 0 Å². The highest BCUT2D eigenvalue weighted by Crippen LogP contribution is 2.45. The van der Waals surface area contributed by atoms with Gasteiger partial charge in [-0.1, -0.05) is 22.4 Å². The maximum absolute atomic E-state index is 13.8. The van der Waals surface area contributed by atoms with E-state index in [-0.39, 0.29) is 11.9 Å². The third-order valence-corrected chi connectivity index (χ3v) is 5.12. The van der Waals surface area contributed by atoms with Crippen molar-refractivity contribution >= 4 is 15.9 Å². The number of hydrogen-bond donors (Lipinski definition) is 1. The van der Waals surface area contributed by atoms with Crippen molar-refractivity contribution in [2.24, 2.45) is 11.8 Å². The van der Waals surface area contributed by atoms with Gasteiger partial charge in [0, 0.05) is 22.1 Å². The van der Waals surface area contributed by atoms with Crippen molar-refractivity contribution in [3.63, 3.8) is 0 Å². The summed E-state index contributed by atoms with van der Waals surface area (Å²) in [5.41, 5.74) is 0.771. The standard InChI is InChI=1S/C15H19BrFN/c1-9(13-8-12(16)4-5-14(13)17)18-15-7-10-2-3-11(15)6-10/h4-5,8-11,15,18H,2-3,6-7H2,1H3. The summed E-state index contributed by atoms with van der Waals surface area (Å²) in [6.45, 7) is 2.07. The first-order valence-electron chi connectivity index (χ1n) is 6.84. The summed E-state index contributed by atoms with van der Waals surface area (Å²) >= 11 is 3.42. The minimum Gasteiger partial charge on any atom is -0.307 e. The van der Waals surface area contributed by atoms with Crippen LogP contribution in [0, 0.1) is 17.7 Å². The Morgan fingerprint density at radius 2 is 2.17 bits per heavy atom. The molecule has 2 saturated carbocycles. The van der Waals surface area contributed by atoms with E-state index in [1.54, 1.807) is 12.1 Å². The molecule has 1 aromatic carbocycles. The molecule has 1 nitrogen and oxygen atoms in total. The Bertz CT molecular complexity index is 448. The summed E-state index contributed by atoms with van der Waals surface area (Å²) < 4.78 is 14.8. The highest BCUT2D eigenvalue weighted by atomic mass is 79.9. The average Bonchev–Trinajstić information content (AvgIpc) is 2.94. The molecular formula is C15H19BrFN. The van der Waals surface area contributed by atoms with Crippen molar-refractivity contribution < 1.29 is 4.39 Å². The topological polar surface area (TPSA) is 12.0 Å². The molecule has 0 aliphatic heterocycles. The number of benzene rings is 1. The van der Waals surface area contributed by atoms with Crippen molar-refractivity contribution in [1.29, 1.82) is 0 Å². The van der Waals surface area contributed by atoms with Crippen LogP contribution in [0.5, 0.6) is 0 Å². The highest BCUT2D eigenvalue weighted by Gasteiger charge is 2.39. The van der Waals surface area contributed by atoms with Gasteiger partial charge in [0.25, 0.3) is 0 Å². The zero-order valence-corrected chi connectivity index (χ0v) is 12.2. The molecule has 2 aliphatic carbocycles. The van der Waals surface area contributed by atoms with Gasteiger partial charge >= 0.3 is 0 Å². The molecule has 4 atom stereocenters. The third kappa shape index (κ3) is 2.35. The predicted octanol–water partition coefficient (Wildman–Crippen LogP) is 4.43. The van der Waals surface area contributed by atoms with E-state index in [0.29, 0.717) is 6.04 Å². The van der Waals surface area contributed by atoms with Crippen LogP contribution in [-0.4, -0.2) is 6.04 Å². The van der Waals surface area contributed by atoms with Crippen molar-refractivity contribution in [3.8, 4) is 0 Å². The average molecular weight is 312 g/mol. The molecule has 1 aromatic rings. The lowest BCUT2D eigenvalue weighted by molar-refractivity contribution is 0.324. The van der Waals surface area contributed by atoms with E-state index in [2.05, 4.69) is 28.2 Å². The van der Waals surface area contributed by atoms with E-state index in [1.165, 1.54) is 25.7 Å². The molecule has 0 heterocycles. The largest absolute Gasteiger partial charge is 0.307 e. The minimum absolute atomic E-state index is 0.0897. The summed E-state index contributed by atoms with van der Waals surface area (Å²) in [6.07, 6.45) is 5.43.